The maximum atomic E-state index is 12.5. The second kappa shape index (κ2) is 11.6. The van der Waals surface area contributed by atoms with E-state index in [-0.39, 0.29) is 12.0 Å². The molecule has 0 aliphatic heterocycles. The fraction of sp³-hybridized carbons (Fsp3) is 0.370. The van der Waals surface area contributed by atoms with Crippen molar-refractivity contribution in [2.45, 2.75) is 40.2 Å². The summed E-state index contributed by atoms with van der Waals surface area (Å²) in [5.41, 5.74) is 4.24. The summed E-state index contributed by atoms with van der Waals surface area (Å²) in [5, 5.41) is 3.85. The van der Waals surface area contributed by atoms with Crippen molar-refractivity contribution in [1.82, 2.24) is 5.32 Å². The number of para-hydroxylation sites is 1. The van der Waals surface area contributed by atoms with E-state index in [2.05, 4.69) is 5.32 Å². The van der Waals surface area contributed by atoms with Crippen molar-refractivity contribution in [1.29, 1.82) is 0 Å². The van der Waals surface area contributed by atoms with Crippen LogP contribution in [0.2, 0.25) is 0 Å². The van der Waals surface area contributed by atoms with Crippen LogP contribution in [-0.2, 0) is 9.53 Å². The van der Waals surface area contributed by atoms with Crippen LogP contribution >= 0.6 is 0 Å². The Morgan fingerprint density at radius 2 is 1.94 bits per heavy atom. The normalized spacial score (nSPS) is 11.8. The number of ether oxygens (including phenoxy) is 3. The lowest BCUT2D eigenvalue weighted by Gasteiger charge is -2.12. The summed E-state index contributed by atoms with van der Waals surface area (Å²) in [6.07, 6.45) is 4.30. The fourth-order valence-corrected chi connectivity index (χ4v) is 3.64. The monoisotopic (exact) mass is 451 g/mol. The molecule has 1 amide bonds. The quantitative estimate of drug-likeness (QED) is 0.293. The number of hydrogen-bond donors (Lipinski definition) is 1. The Hall–Kier alpha value is -3.25. The molecule has 33 heavy (non-hydrogen) atoms. The Morgan fingerprint density at radius 3 is 2.67 bits per heavy atom. The first-order valence-electron chi connectivity index (χ1n) is 11.3. The van der Waals surface area contributed by atoms with Crippen molar-refractivity contribution in [2.75, 3.05) is 26.9 Å². The number of fused-ring (bicyclic) bond motifs is 1. The Labute approximate surface area is 195 Å². The van der Waals surface area contributed by atoms with Gasteiger partial charge in [-0.05, 0) is 51.8 Å². The average molecular weight is 452 g/mol. The number of hydrogen-bond acceptors (Lipinski definition) is 5. The minimum absolute atomic E-state index is 0.142. The third kappa shape index (κ3) is 6.17. The number of carbonyl (C=O) groups excluding carboxylic acids is 1. The summed E-state index contributed by atoms with van der Waals surface area (Å²) in [5.74, 6) is 1.30. The molecule has 0 aliphatic carbocycles. The predicted octanol–water partition coefficient (Wildman–Crippen LogP) is 5.84. The highest BCUT2D eigenvalue weighted by atomic mass is 16.5. The molecule has 1 heterocycles. The minimum Gasteiger partial charge on any atom is -0.496 e. The summed E-state index contributed by atoms with van der Waals surface area (Å²) in [6, 6.07) is 11.7. The van der Waals surface area contributed by atoms with Gasteiger partial charge in [0.1, 0.15) is 17.1 Å². The predicted molar refractivity (Wildman–Crippen MR) is 132 cm³/mol. The number of carbonyl (C=O) groups is 1. The lowest BCUT2D eigenvalue weighted by Crippen LogP contribution is -2.23. The van der Waals surface area contributed by atoms with Gasteiger partial charge in [0.25, 0.3) is 0 Å². The van der Waals surface area contributed by atoms with Crippen LogP contribution in [0.4, 0.5) is 0 Å². The van der Waals surface area contributed by atoms with Crippen molar-refractivity contribution < 1.29 is 23.4 Å². The van der Waals surface area contributed by atoms with Crippen LogP contribution in [0.25, 0.3) is 27.7 Å². The lowest BCUT2D eigenvalue weighted by molar-refractivity contribution is -0.116. The van der Waals surface area contributed by atoms with Crippen molar-refractivity contribution in [3.63, 3.8) is 0 Å². The van der Waals surface area contributed by atoms with E-state index in [0.717, 1.165) is 39.8 Å². The van der Waals surface area contributed by atoms with Crippen molar-refractivity contribution >= 4 is 22.4 Å². The first-order chi connectivity index (χ1) is 15.9. The molecule has 0 spiro atoms. The zero-order valence-electron chi connectivity index (χ0n) is 20.1. The molecular formula is C27H33NO5. The zero-order chi connectivity index (χ0) is 23.8. The van der Waals surface area contributed by atoms with E-state index in [1.807, 2.05) is 64.1 Å². The van der Waals surface area contributed by atoms with E-state index in [9.17, 15) is 4.79 Å². The molecule has 6 nitrogen and oxygen atoms in total. The van der Waals surface area contributed by atoms with Crippen LogP contribution in [-0.4, -0.2) is 38.9 Å². The van der Waals surface area contributed by atoms with Crippen LogP contribution in [0.3, 0.4) is 0 Å². The van der Waals surface area contributed by atoms with E-state index in [1.165, 1.54) is 0 Å². The van der Waals surface area contributed by atoms with Gasteiger partial charge in [0, 0.05) is 47.4 Å². The Bertz CT molecular complexity index is 1110. The van der Waals surface area contributed by atoms with Crippen molar-refractivity contribution in [2.24, 2.45) is 0 Å². The Balaban J connectivity index is 1.89. The van der Waals surface area contributed by atoms with Crippen molar-refractivity contribution in [3.05, 3.63) is 54.3 Å². The molecule has 6 heteroatoms. The molecule has 0 fully saturated rings. The Morgan fingerprint density at radius 1 is 1.15 bits per heavy atom. The molecule has 0 atom stereocenters. The van der Waals surface area contributed by atoms with Crippen molar-refractivity contribution in [3.8, 4) is 22.6 Å². The maximum Gasteiger partial charge on any atom is 0.244 e. The molecule has 1 aromatic heterocycles. The molecule has 0 saturated heterocycles. The molecule has 2 aromatic carbocycles. The average Bonchev–Trinajstić information content (AvgIpc) is 3.20. The smallest absolute Gasteiger partial charge is 0.244 e. The second-order valence-electron chi connectivity index (χ2n) is 8.02. The van der Waals surface area contributed by atoms with Crippen LogP contribution in [0.15, 0.2) is 53.2 Å². The summed E-state index contributed by atoms with van der Waals surface area (Å²) in [7, 11) is 1.65. The van der Waals surface area contributed by atoms with Gasteiger partial charge in [0.15, 0.2) is 0 Å². The van der Waals surface area contributed by atoms with Crippen LogP contribution in [0.5, 0.6) is 11.5 Å². The van der Waals surface area contributed by atoms with Gasteiger partial charge in [0.05, 0.1) is 26.1 Å². The highest BCUT2D eigenvalue weighted by Crippen LogP contribution is 2.40. The third-order valence-corrected chi connectivity index (χ3v) is 5.22. The lowest BCUT2D eigenvalue weighted by atomic mass is 9.98. The fourth-order valence-electron chi connectivity index (χ4n) is 3.64. The van der Waals surface area contributed by atoms with Crippen LogP contribution < -0.4 is 14.8 Å². The van der Waals surface area contributed by atoms with E-state index in [0.29, 0.717) is 31.1 Å². The highest BCUT2D eigenvalue weighted by Gasteiger charge is 2.17. The topological polar surface area (TPSA) is 69.9 Å². The van der Waals surface area contributed by atoms with E-state index >= 15 is 0 Å². The van der Waals surface area contributed by atoms with Gasteiger partial charge in [-0.15, -0.1) is 0 Å². The highest BCUT2D eigenvalue weighted by molar-refractivity contribution is 6.01. The SMILES string of the molecule is CCOc1cc2occ(-c3ccccc3OC)c2cc1/C(C)=C/C(=O)NCCCOC(C)C. The molecular weight excluding hydrogens is 418 g/mol. The summed E-state index contributed by atoms with van der Waals surface area (Å²) < 4.78 is 22.8. The van der Waals surface area contributed by atoms with E-state index < -0.39 is 0 Å². The number of rotatable bonds is 11. The molecule has 0 aliphatic rings. The third-order valence-electron chi connectivity index (χ3n) is 5.22. The molecule has 176 valence electrons. The van der Waals surface area contributed by atoms with Gasteiger partial charge in [-0.25, -0.2) is 0 Å². The second-order valence-corrected chi connectivity index (χ2v) is 8.02. The van der Waals surface area contributed by atoms with Crippen LogP contribution in [0.1, 0.15) is 39.7 Å². The number of nitrogens with one attached hydrogen (secondary N) is 1. The number of amides is 1. The number of benzene rings is 2. The van der Waals surface area contributed by atoms with Gasteiger partial charge in [0.2, 0.25) is 5.91 Å². The summed E-state index contributed by atoms with van der Waals surface area (Å²) >= 11 is 0. The molecule has 3 rings (SSSR count). The first-order valence-corrected chi connectivity index (χ1v) is 11.3. The summed E-state index contributed by atoms with van der Waals surface area (Å²) in [4.78, 5) is 12.5. The molecule has 0 radical (unpaired) electrons. The van der Waals surface area contributed by atoms with Gasteiger partial charge in [-0.3, -0.25) is 4.79 Å². The van der Waals surface area contributed by atoms with Crippen LogP contribution in [0, 0.1) is 0 Å². The largest absolute Gasteiger partial charge is 0.496 e. The molecule has 0 unspecified atom stereocenters. The molecule has 1 N–H and O–H groups in total. The summed E-state index contributed by atoms with van der Waals surface area (Å²) in [6.45, 7) is 9.53. The van der Waals surface area contributed by atoms with E-state index in [1.54, 1.807) is 19.4 Å². The van der Waals surface area contributed by atoms with Gasteiger partial charge in [-0.2, -0.15) is 0 Å². The number of allylic oxidation sites excluding steroid dienone is 1. The molecule has 0 bridgehead atoms. The minimum atomic E-state index is -0.142. The number of methoxy groups -OCH3 is 1. The zero-order valence-corrected chi connectivity index (χ0v) is 20.1. The first kappa shape index (κ1) is 24.4. The number of furan rings is 1. The molecule has 3 aromatic rings. The Kier molecular flexibility index (Phi) is 8.55. The standard InChI is InChI=1S/C27H33NO5/c1-6-31-25-16-26-22(23(17-33-26)20-10-7-8-11-24(20)30-5)15-21(25)19(4)14-27(29)28-12-9-13-32-18(2)3/h7-8,10-11,14-18H,6,9,12-13H2,1-5H3,(H,28,29)/b19-14+. The van der Waals surface area contributed by atoms with Gasteiger partial charge >= 0.3 is 0 Å². The molecule has 0 saturated carbocycles. The van der Waals surface area contributed by atoms with Gasteiger partial charge < -0.3 is 23.9 Å². The van der Waals surface area contributed by atoms with E-state index in [4.69, 9.17) is 18.6 Å². The maximum absolute atomic E-state index is 12.5. The van der Waals surface area contributed by atoms with Gasteiger partial charge in [-0.1, -0.05) is 18.2 Å².